The van der Waals surface area contributed by atoms with Crippen LogP contribution in [0.1, 0.15) is 43.2 Å². The maximum Gasteiger partial charge on any atom is 0.316 e. The van der Waals surface area contributed by atoms with E-state index in [1.165, 1.54) is 11.8 Å². The van der Waals surface area contributed by atoms with Gasteiger partial charge in [-0.15, -0.1) is 0 Å². The first kappa shape index (κ1) is 16.5. The summed E-state index contributed by atoms with van der Waals surface area (Å²) in [7, 11) is 0. The molecule has 0 aliphatic carbocycles. The third kappa shape index (κ3) is 4.24. The molecule has 5 heteroatoms. The Morgan fingerprint density at radius 2 is 1.90 bits per heavy atom. The molecule has 20 heavy (non-hydrogen) atoms. The summed E-state index contributed by atoms with van der Waals surface area (Å²) in [6.07, 6.45) is 0. The maximum atomic E-state index is 11.7. The monoisotopic (exact) mass is 292 g/mol. The van der Waals surface area contributed by atoms with E-state index in [1.54, 1.807) is 0 Å². The summed E-state index contributed by atoms with van der Waals surface area (Å²) in [5.41, 5.74) is 2.87. The number of aromatic nitrogens is 1. The first-order valence-electron chi connectivity index (χ1n) is 6.38. The molecule has 0 aliphatic heterocycles. The molecule has 0 aliphatic rings. The number of ether oxygens (including phenoxy) is 1. The fourth-order valence-electron chi connectivity index (χ4n) is 1.65. The predicted octanol–water partition coefficient (Wildman–Crippen LogP) is 3.31. The topological polar surface area (TPSA) is 63.0 Å². The van der Waals surface area contributed by atoms with Gasteiger partial charge in [0.1, 0.15) is 16.7 Å². The fraction of sp³-hybridized carbons (Fsp3) is 0.533. The fourth-order valence-corrected chi connectivity index (χ4v) is 2.50. The molecule has 0 spiro atoms. The van der Waals surface area contributed by atoms with Crippen LogP contribution >= 0.6 is 11.8 Å². The van der Waals surface area contributed by atoms with Gasteiger partial charge in [-0.3, -0.25) is 4.79 Å². The standard InChI is InChI=1S/C15H20N2O2S/c1-9-10(2)12(7-16)14(17-11(9)3)20-8-13(18)19-15(4,5)6/h8H2,1-6H3. The van der Waals surface area contributed by atoms with Gasteiger partial charge in [0.2, 0.25) is 0 Å². The molecule has 0 radical (unpaired) electrons. The van der Waals surface area contributed by atoms with Gasteiger partial charge >= 0.3 is 5.97 Å². The van der Waals surface area contributed by atoms with Crippen LogP contribution in [-0.2, 0) is 9.53 Å². The Balaban J connectivity index is 2.89. The van der Waals surface area contributed by atoms with E-state index in [0.29, 0.717) is 10.6 Å². The van der Waals surface area contributed by atoms with Gasteiger partial charge in [0.05, 0.1) is 11.3 Å². The molecule has 1 aromatic rings. The Labute approximate surface area is 124 Å². The third-order valence-corrected chi connectivity index (χ3v) is 3.77. The van der Waals surface area contributed by atoms with Crippen LogP contribution in [0.3, 0.4) is 0 Å². The number of rotatable bonds is 3. The predicted molar refractivity (Wildman–Crippen MR) is 79.7 cm³/mol. The maximum absolute atomic E-state index is 11.7. The number of pyridine rings is 1. The molecule has 1 heterocycles. The van der Waals surface area contributed by atoms with Crippen LogP contribution in [0.5, 0.6) is 0 Å². The molecule has 1 rings (SSSR count). The second kappa shape index (κ2) is 6.27. The van der Waals surface area contributed by atoms with Gasteiger partial charge in [0.25, 0.3) is 0 Å². The summed E-state index contributed by atoms with van der Waals surface area (Å²) >= 11 is 1.25. The normalized spacial score (nSPS) is 11.1. The Morgan fingerprint density at radius 1 is 1.30 bits per heavy atom. The lowest BCUT2D eigenvalue weighted by atomic mass is 10.1. The van der Waals surface area contributed by atoms with Crippen molar-refractivity contribution in [2.45, 2.75) is 52.2 Å². The third-order valence-electron chi connectivity index (χ3n) is 2.82. The van der Waals surface area contributed by atoms with E-state index in [1.807, 2.05) is 41.5 Å². The van der Waals surface area contributed by atoms with Crippen molar-refractivity contribution in [3.05, 3.63) is 22.4 Å². The zero-order chi connectivity index (χ0) is 15.5. The molecule has 0 aromatic carbocycles. The molecule has 0 unspecified atom stereocenters. The van der Waals surface area contributed by atoms with E-state index in [-0.39, 0.29) is 11.7 Å². The molecule has 0 amide bonds. The lowest BCUT2D eigenvalue weighted by Gasteiger charge is -2.19. The number of nitrogens with zero attached hydrogens (tertiary/aromatic N) is 2. The average Bonchev–Trinajstić information content (AvgIpc) is 2.31. The Morgan fingerprint density at radius 3 is 2.40 bits per heavy atom. The highest BCUT2D eigenvalue weighted by molar-refractivity contribution is 7.99. The molecule has 0 atom stereocenters. The summed E-state index contributed by atoms with van der Waals surface area (Å²) in [5, 5.41) is 9.84. The molecule has 0 N–H and O–H groups in total. The highest BCUT2D eigenvalue weighted by Crippen LogP contribution is 2.26. The van der Waals surface area contributed by atoms with Crippen molar-refractivity contribution in [2.75, 3.05) is 5.75 Å². The van der Waals surface area contributed by atoms with E-state index in [2.05, 4.69) is 11.1 Å². The van der Waals surface area contributed by atoms with Crippen molar-refractivity contribution >= 4 is 17.7 Å². The van der Waals surface area contributed by atoms with Crippen molar-refractivity contribution in [1.29, 1.82) is 5.26 Å². The summed E-state index contributed by atoms with van der Waals surface area (Å²) in [6.45, 7) is 11.2. The minimum atomic E-state index is -0.498. The van der Waals surface area contributed by atoms with Crippen LogP contribution in [-0.4, -0.2) is 22.3 Å². The van der Waals surface area contributed by atoms with Crippen molar-refractivity contribution in [3.8, 4) is 6.07 Å². The zero-order valence-electron chi connectivity index (χ0n) is 12.8. The van der Waals surface area contributed by atoms with Crippen LogP contribution in [0.2, 0.25) is 0 Å². The van der Waals surface area contributed by atoms with Crippen molar-refractivity contribution < 1.29 is 9.53 Å². The van der Waals surface area contributed by atoms with E-state index in [0.717, 1.165) is 16.8 Å². The van der Waals surface area contributed by atoms with Gasteiger partial charge in [-0.05, 0) is 52.7 Å². The number of hydrogen-bond donors (Lipinski definition) is 0. The molecular formula is C15H20N2O2S. The van der Waals surface area contributed by atoms with Gasteiger partial charge in [-0.25, -0.2) is 4.98 Å². The molecule has 0 saturated heterocycles. The van der Waals surface area contributed by atoms with Gasteiger partial charge in [0, 0.05) is 5.69 Å². The van der Waals surface area contributed by atoms with E-state index in [9.17, 15) is 10.1 Å². The number of esters is 1. The van der Waals surface area contributed by atoms with E-state index in [4.69, 9.17) is 4.74 Å². The summed E-state index contributed by atoms with van der Waals surface area (Å²) in [6, 6.07) is 2.17. The number of thioether (sulfide) groups is 1. The number of aryl methyl sites for hydroxylation is 1. The molecule has 108 valence electrons. The second-order valence-corrected chi connectivity index (χ2v) is 6.58. The molecule has 0 saturated carbocycles. The second-order valence-electron chi connectivity index (χ2n) is 5.61. The molecule has 4 nitrogen and oxygen atoms in total. The van der Waals surface area contributed by atoms with Crippen LogP contribution in [0.15, 0.2) is 5.03 Å². The smallest absolute Gasteiger partial charge is 0.316 e. The zero-order valence-corrected chi connectivity index (χ0v) is 13.6. The summed E-state index contributed by atoms with van der Waals surface area (Å²) < 4.78 is 5.25. The quantitative estimate of drug-likeness (QED) is 0.631. The Kier molecular flexibility index (Phi) is 5.18. The van der Waals surface area contributed by atoms with E-state index >= 15 is 0 Å². The van der Waals surface area contributed by atoms with Gasteiger partial charge < -0.3 is 4.74 Å². The number of hydrogen-bond acceptors (Lipinski definition) is 5. The van der Waals surface area contributed by atoms with Crippen LogP contribution in [0, 0.1) is 32.1 Å². The SMILES string of the molecule is Cc1nc(SCC(=O)OC(C)(C)C)c(C#N)c(C)c1C. The molecule has 1 aromatic heterocycles. The van der Waals surface area contributed by atoms with Gasteiger partial charge in [-0.1, -0.05) is 11.8 Å². The number of carbonyl (C=O) groups is 1. The molecule has 0 fully saturated rings. The highest BCUT2D eigenvalue weighted by atomic mass is 32.2. The van der Waals surface area contributed by atoms with Crippen molar-refractivity contribution in [1.82, 2.24) is 4.98 Å². The minimum Gasteiger partial charge on any atom is -0.459 e. The lowest BCUT2D eigenvalue weighted by Crippen LogP contribution is -2.25. The number of nitriles is 1. The van der Waals surface area contributed by atoms with Crippen LogP contribution in [0.4, 0.5) is 0 Å². The Bertz CT molecular complexity index is 569. The van der Waals surface area contributed by atoms with Crippen LogP contribution < -0.4 is 0 Å². The van der Waals surface area contributed by atoms with E-state index < -0.39 is 5.60 Å². The van der Waals surface area contributed by atoms with Crippen LogP contribution in [0.25, 0.3) is 0 Å². The van der Waals surface area contributed by atoms with Crippen molar-refractivity contribution in [2.24, 2.45) is 0 Å². The average molecular weight is 292 g/mol. The molecule has 0 bridgehead atoms. The first-order chi connectivity index (χ1) is 9.15. The minimum absolute atomic E-state index is 0.154. The largest absolute Gasteiger partial charge is 0.459 e. The highest BCUT2D eigenvalue weighted by Gasteiger charge is 2.18. The summed E-state index contributed by atoms with van der Waals surface area (Å²) in [5.74, 6) is -0.148. The Hall–Kier alpha value is -1.54. The lowest BCUT2D eigenvalue weighted by molar-refractivity contribution is -0.151. The summed E-state index contributed by atoms with van der Waals surface area (Å²) in [4.78, 5) is 16.1. The first-order valence-corrected chi connectivity index (χ1v) is 7.37. The van der Waals surface area contributed by atoms with Gasteiger partial charge in [-0.2, -0.15) is 5.26 Å². The molecular weight excluding hydrogens is 272 g/mol. The van der Waals surface area contributed by atoms with Gasteiger partial charge in [0.15, 0.2) is 0 Å². The number of carbonyl (C=O) groups excluding carboxylic acids is 1. The van der Waals surface area contributed by atoms with Crippen molar-refractivity contribution in [3.63, 3.8) is 0 Å².